The molecule has 3 amide bonds. The lowest BCUT2D eigenvalue weighted by Gasteiger charge is -2.34. The lowest BCUT2D eigenvalue weighted by atomic mass is 9.82. The second-order valence-corrected chi connectivity index (χ2v) is 13.8. The van der Waals surface area contributed by atoms with E-state index in [1.807, 2.05) is 62.4 Å². The van der Waals surface area contributed by atoms with Gasteiger partial charge in [0.25, 0.3) is 0 Å². The van der Waals surface area contributed by atoms with E-state index in [-0.39, 0.29) is 31.1 Å². The van der Waals surface area contributed by atoms with Crippen molar-refractivity contribution < 1.29 is 24.6 Å². The van der Waals surface area contributed by atoms with Crippen LogP contribution in [-0.4, -0.2) is 75.7 Å². The van der Waals surface area contributed by atoms with Gasteiger partial charge in [-0.25, -0.2) is 0 Å². The van der Waals surface area contributed by atoms with E-state index in [9.17, 15) is 24.6 Å². The zero-order chi connectivity index (χ0) is 34.9. The maximum Gasteiger partial charge on any atom is 0.242 e. The minimum absolute atomic E-state index is 0.0344. The van der Waals surface area contributed by atoms with E-state index >= 15 is 0 Å². The number of aromatic nitrogens is 1. The van der Waals surface area contributed by atoms with E-state index in [4.69, 9.17) is 6.42 Å². The Hall–Kier alpha value is -3.74. The highest BCUT2D eigenvalue weighted by molar-refractivity contribution is 5.91. The van der Waals surface area contributed by atoms with E-state index < -0.39 is 42.0 Å². The molecule has 2 aromatic rings. The Morgan fingerprint density at radius 3 is 2.35 bits per heavy atom. The fraction of sp³-hybridized carbons (Fsp3) is 0.590. The molecular weight excluding hydrogens is 604 g/mol. The Balaban J connectivity index is 1.76. The van der Waals surface area contributed by atoms with Crippen LogP contribution in [0.25, 0.3) is 0 Å². The number of pyridine rings is 1. The summed E-state index contributed by atoms with van der Waals surface area (Å²) in [5.41, 5.74) is 1.78. The zero-order valence-corrected chi connectivity index (χ0v) is 29.0. The molecular formula is C39H56N4O5. The van der Waals surface area contributed by atoms with Gasteiger partial charge in [0.2, 0.25) is 17.7 Å². The number of benzene rings is 1. The van der Waals surface area contributed by atoms with Crippen molar-refractivity contribution in [1.82, 2.24) is 20.5 Å². The first-order valence-electron chi connectivity index (χ1n) is 17.7. The number of aliphatic hydroxyl groups excluding tert-OH is 2. The molecule has 0 bridgehead atoms. The Morgan fingerprint density at radius 2 is 1.71 bits per heavy atom. The molecule has 0 spiro atoms. The van der Waals surface area contributed by atoms with Gasteiger partial charge in [-0.2, -0.15) is 0 Å². The molecule has 1 fully saturated rings. The molecule has 1 saturated carbocycles. The Kier molecular flexibility index (Phi) is 16.6. The van der Waals surface area contributed by atoms with E-state index in [2.05, 4.69) is 21.5 Å². The van der Waals surface area contributed by atoms with Crippen LogP contribution in [0.5, 0.6) is 0 Å². The number of aliphatic hydroxyl groups is 2. The van der Waals surface area contributed by atoms with E-state index in [1.165, 1.54) is 6.42 Å². The van der Waals surface area contributed by atoms with Gasteiger partial charge >= 0.3 is 0 Å². The average molecular weight is 661 g/mol. The maximum absolute atomic E-state index is 13.9. The van der Waals surface area contributed by atoms with Crippen LogP contribution in [0.1, 0.15) is 89.3 Å². The molecule has 1 aromatic heterocycles. The van der Waals surface area contributed by atoms with Gasteiger partial charge in [0.1, 0.15) is 12.1 Å². The third kappa shape index (κ3) is 13.4. The first-order valence-corrected chi connectivity index (χ1v) is 17.7. The standard InChI is InChI=1S/C39H56N4O5/c1-5-6-20-33(39(48)42-34(26-30-17-11-8-12-18-30)37(46)35(44)24-28(2)3)41-38(47)31(25-29-15-9-7-10-16-29)27-36(45)43(4)23-21-32-19-13-14-22-40-32/h1,7,9-10,13-16,19,22,28,30-31,33-35,37,44,46H,6,8,11-12,17-18,20-21,23-27H2,2-4H3,(H,41,47)(H,42,48)/t31-,33+,34+,35+,37-/m1/s1. The SMILES string of the molecule is C#CCC[C@H](NC(=O)[C@@H](CC(=O)N(C)CCc1ccccn1)Cc1ccccc1)C(=O)N[C@@H](CC1CCCCC1)[C@@H](O)[C@@H](O)CC(C)C. The molecule has 0 unspecified atom stereocenters. The Bertz CT molecular complexity index is 1290. The minimum atomic E-state index is -1.15. The number of amides is 3. The number of carbonyl (C=O) groups excluding carboxylic acids is 3. The average Bonchev–Trinajstić information content (AvgIpc) is 3.08. The number of nitrogens with zero attached hydrogens (tertiary/aromatic N) is 2. The number of nitrogens with one attached hydrogen (secondary N) is 2. The van der Waals surface area contributed by atoms with Crippen LogP contribution in [0.3, 0.4) is 0 Å². The van der Waals surface area contributed by atoms with Gasteiger partial charge < -0.3 is 25.7 Å². The molecule has 1 aliphatic rings. The number of rotatable bonds is 19. The molecule has 1 aliphatic carbocycles. The van der Waals surface area contributed by atoms with Gasteiger partial charge in [-0.05, 0) is 55.2 Å². The topological polar surface area (TPSA) is 132 Å². The van der Waals surface area contributed by atoms with Crippen molar-refractivity contribution in [1.29, 1.82) is 0 Å². The number of hydrogen-bond donors (Lipinski definition) is 4. The van der Waals surface area contributed by atoms with Crippen LogP contribution in [0.2, 0.25) is 0 Å². The van der Waals surface area contributed by atoms with Crippen molar-refractivity contribution >= 4 is 17.7 Å². The first-order chi connectivity index (χ1) is 23.1. The van der Waals surface area contributed by atoms with Gasteiger partial charge in [0, 0.05) is 44.7 Å². The molecule has 1 heterocycles. The van der Waals surface area contributed by atoms with Crippen LogP contribution in [0.15, 0.2) is 54.7 Å². The molecule has 4 N–H and O–H groups in total. The zero-order valence-electron chi connectivity index (χ0n) is 29.0. The highest BCUT2D eigenvalue weighted by atomic mass is 16.3. The second-order valence-electron chi connectivity index (χ2n) is 13.8. The van der Waals surface area contributed by atoms with Gasteiger partial charge in [-0.1, -0.05) is 82.3 Å². The van der Waals surface area contributed by atoms with Crippen molar-refractivity contribution in [3.05, 3.63) is 66.0 Å². The highest BCUT2D eigenvalue weighted by Crippen LogP contribution is 2.29. The summed E-state index contributed by atoms with van der Waals surface area (Å²) in [4.78, 5) is 47.1. The van der Waals surface area contributed by atoms with Crippen molar-refractivity contribution in [2.75, 3.05) is 13.6 Å². The predicted octanol–water partition coefficient (Wildman–Crippen LogP) is 4.45. The summed E-state index contributed by atoms with van der Waals surface area (Å²) < 4.78 is 0. The van der Waals surface area contributed by atoms with Crippen molar-refractivity contribution in [3.8, 4) is 12.3 Å². The molecule has 3 rings (SSSR count). The molecule has 9 nitrogen and oxygen atoms in total. The first kappa shape index (κ1) is 38.7. The summed E-state index contributed by atoms with van der Waals surface area (Å²) >= 11 is 0. The van der Waals surface area contributed by atoms with Crippen LogP contribution in [-0.2, 0) is 27.2 Å². The van der Waals surface area contributed by atoms with Gasteiger partial charge in [0.15, 0.2) is 0 Å². The summed E-state index contributed by atoms with van der Waals surface area (Å²) in [6.07, 6.45) is 12.9. The molecule has 0 saturated heterocycles. The third-order valence-electron chi connectivity index (χ3n) is 9.34. The monoisotopic (exact) mass is 660 g/mol. The summed E-state index contributed by atoms with van der Waals surface area (Å²) in [7, 11) is 1.72. The van der Waals surface area contributed by atoms with Crippen LogP contribution < -0.4 is 10.6 Å². The number of terminal acetylenes is 1. The summed E-state index contributed by atoms with van der Waals surface area (Å²) in [6, 6.07) is 13.5. The van der Waals surface area contributed by atoms with Crippen molar-refractivity contribution in [2.45, 2.75) is 115 Å². The summed E-state index contributed by atoms with van der Waals surface area (Å²) in [5, 5.41) is 28.0. The molecule has 0 radical (unpaired) electrons. The Morgan fingerprint density at radius 1 is 1.00 bits per heavy atom. The molecule has 9 heteroatoms. The third-order valence-corrected chi connectivity index (χ3v) is 9.34. The molecule has 0 aliphatic heterocycles. The van der Waals surface area contributed by atoms with Crippen molar-refractivity contribution in [2.24, 2.45) is 17.8 Å². The van der Waals surface area contributed by atoms with Crippen molar-refractivity contribution in [3.63, 3.8) is 0 Å². The Labute approximate surface area is 287 Å². The highest BCUT2D eigenvalue weighted by Gasteiger charge is 2.34. The number of carbonyl (C=O) groups is 3. The summed E-state index contributed by atoms with van der Waals surface area (Å²) in [6.45, 7) is 4.41. The lowest BCUT2D eigenvalue weighted by Crippen LogP contribution is -2.56. The van der Waals surface area contributed by atoms with Crippen LogP contribution in [0, 0.1) is 30.1 Å². The molecule has 262 valence electrons. The molecule has 5 atom stereocenters. The van der Waals surface area contributed by atoms with Gasteiger partial charge in [-0.3, -0.25) is 19.4 Å². The van der Waals surface area contributed by atoms with Gasteiger partial charge in [0.05, 0.1) is 18.1 Å². The summed E-state index contributed by atoms with van der Waals surface area (Å²) in [5.74, 6) is 1.30. The normalized spacial score (nSPS) is 16.6. The van der Waals surface area contributed by atoms with E-state index in [0.717, 1.165) is 36.9 Å². The van der Waals surface area contributed by atoms with Crippen LogP contribution in [0.4, 0.5) is 0 Å². The minimum Gasteiger partial charge on any atom is -0.390 e. The predicted molar refractivity (Wildman–Crippen MR) is 188 cm³/mol. The fourth-order valence-corrected chi connectivity index (χ4v) is 6.50. The number of likely N-dealkylation sites (N-methyl/N-ethyl adjacent to an activating group) is 1. The quantitative estimate of drug-likeness (QED) is 0.165. The van der Waals surface area contributed by atoms with Gasteiger partial charge in [-0.15, -0.1) is 12.3 Å². The lowest BCUT2D eigenvalue weighted by molar-refractivity contribution is -0.137. The molecule has 1 aromatic carbocycles. The van der Waals surface area contributed by atoms with E-state index in [1.54, 1.807) is 18.1 Å². The maximum atomic E-state index is 13.9. The fourth-order valence-electron chi connectivity index (χ4n) is 6.50. The van der Waals surface area contributed by atoms with E-state index in [0.29, 0.717) is 38.1 Å². The molecule has 48 heavy (non-hydrogen) atoms. The second kappa shape index (κ2) is 20.6. The smallest absolute Gasteiger partial charge is 0.242 e. The largest absolute Gasteiger partial charge is 0.390 e. The number of hydrogen-bond acceptors (Lipinski definition) is 6. The van der Waals surface area contributed by atoms with Crippen LogP contribution >= 0.6 is 0 Å².